The van der Waals surface area contributed by atoms with E-state index < -0.39 is 0 Å². The lowest BCUT2D eigenvalue weighted by atomic mass is 10.1. The summed E-state index contributed by atoms with van der Waals surface area (Å²) in [4.78, 5) is 5.17. The number of para-hydroxylation sites is 2. The second kappa shape index (κ2) is 8.58. The maximum Gasteiger partial charge on any atom is 0.138 e. The Balaban J connectivity index is 1.61. The van der Waals surface area contributed by atoms with Crippen molar-refractivity contribution in [1.82, 2.24) is 14.0 Å². The van der Waals surface area contributed by atoms with Gasteiger partial charge in [-0.15, -0.1) is 0 Å². The van der Waals surface area contributed by atoms with Gasteiger partial charge in [-0.3, -0.25) is 4.57 Å². The van der Waals surface area contributed by atoms with E-state index in [0.29, 0.717) is 0 Å². The zero-order valence-electron chi connectivity index (χ0n) is 22.0. The van der Waals surface area contributed by atoms with Gasteiger partial charge in [0.05, 0.1) is 33.3 Å². The minimum absolute atomic E-state index is 0.876. The molecule has 2 N–H and O–H groups in total. The van der Waals surface area contributed by atoms with Crippen LogP contribution in [0.25, 0.3) is 71.3 Å². The van der Waals surface area contributed by atoms with Crippen molar-refractivity contribution in [2.45, 2.75) is 6.92 Å². The maximum atomic E-state index is 5.75. The molecule has 4 heteroatoms. The molecular formula is C36H26N4. The zero-order valence-corrected chi connectivity index (χ0v) is 22.0. The molecule has 190 valence electrons. The van der Waals surface area contributed by atoms with Crippen LogP contribution in [0.2, 0.25) is 0 Å². The fraction of sp³-hybridized carbons (Fsp3) is 0.0278. The van der Waals surface area contributed by atoms with Gasteiger partial charge >= 0.3 is 0 Å². The molecule has 0 radical (unpaired) electrons. The summed E-state index contributed by atoms with van der Waals surface area (Å²) >= 11 is 0. The Kier molecular flexibility index (Phi) is 4.85. The quantitative estimate of drug-likeness (QED) is 0.189. The van der Waals surface area contributed by atoms with E-state index in [2.05, 4.69) is 112 Å². The Hall–Kier alpha value is -5.35. The second-order valence-electron chi connectivity index (χ2n) is 10.2. The normalized spacial score (nSPS) is 12.8. The van der Waals surface area contributed by atoms with Crippen molar-refractivity contribution in [2.75, 3.05) is 0 Å². The van der Waals surface area contributed by atoms with E-state index in [0.717, 1.165) is 28.1 Å². The van der Waals surface area contributed by atoms with Gasteiger partial charge in [-0.05, 0) is 60.5 Å². The zero-order chi connectivity index (χ0) is 26.8. The predicted octanol–water partition coefficient (Wildman–Crippen LogP) is 8.77. The van der Waals surface area contributed by atoms with Crippen molar-refractivity contribution in [3.63, 3.8) is 0 Å². The third kappa shape index (κ3) is 3.04. The third-order valence-corrected chi connectivity index (χ3v) is 8.08. The average molecular weight is 515 g/mol. The van der Waals surface area contributed by atoms with Crippen molar-refractivity contribution < 1.29 is 0 Å². The number of nitrogens with two attached hydrogens (primary N) is 1. The van der Waals surface area contributed by atoms with Crippen molar-refractivity contribution in [1.29, 1.82) is 0 Å². The smallest absolute Gasteiger partial charge is 0.138 e. The van der Waals surface area contributed by atoms with Crippen molar-refractivity contribution in [2.24, 2.45) is 5.73 Å². The average Bonchev–Trinajstić information content (AvgIpc) is 3.57. The Labute approximate surface area is 230 Å². The standard InChI is InChI=1S/C36H26N4/c1-2-23(20-21-37)30-14-9-17-34(38-30)40-32-16-8-6-13-28(32)29-19-18-24-22-33-27-12-4-3-10-25(27)26-11-5-7-15-31(26)39(33)35(24)36(29)40/h2-22H,37H2,1H3/b21-20-,23-2+. The minimum atomic E-state index is 0.876. The van der Waals surface area contributed by atoms with Gasteiger partial charge in [0.25, 0.3) is 0 Å². The monoisotopic (exact) mass is 514 g/mol. The van der Waals surface area contributed by atoms with E-state index in [4.69, 9.17) is 10.7 Å². The minimum Gasteiger partial charge on any atom is -0.405 e. The van der Waals surface area contributed by atoms with Crippen LogP contribution in [0.5, 0.6) is 0 Å². The van der Waals surface area contributed by atoms with Crippen molar-refractivity contribution >= 4 is 65.5 Å². The Morgan fingerprint density at radius 2 is 1.32 bits per heavy atom. The number of hydrogen-bond donors (Lipinski definition) is 1. The summed E-state index contributed by atoms with van der Waals surface area (Å²) in [7, 11) is 0. The lowest BCUT2D eigenvalue weighted by Gasteiger charge is -2.13. The van der Waals surface area contributed by atoms with Gasteiger partial charge in [-0.25, -0.2) is 4.98 Å². The van der Waals surface area contributed by atoms with E-state index in [1.165, 1.54) is 48.9 Å². The first-order valence-corrected chi connectivity index (χ1v) is 13.6. The molecule has 0 saturated carbocycles. The van der Waals surface area contributed by atoms with Crippen molar-refractivity contribution in [3.05, 3.63) is 133 Å². The molecular weight excluding hydrogens is 488 g/mol. The van der Waals surface area contributed by atoms with Crippen LogP contribution in [0.4, 0.5) is 0 Å². The fourth-order valence-corrected chi connectivity index (χ4v) is 6.41. The van der Waals surface area contributed by atoms with E-state index in [9.17, 15) is 0 Å². The fourth-order valence-electron chi connectivity index (χ4n) is 6.41. The molecule has 4 heterocycles. The number of aromatic nitrogens is 3. The number of allylic oxidation sites excluding steroid dienone is 3. The van der Waals surface area contributed by atoms with Crippen LogP contribution in [0.3, 0.4) is 0 Å². The molecule has 0 atom stereocenters. The molecule has 0 aliphatic carbocycles. The molecule has 0 fully saturated rings. The number of benzene rings is 4. The maximum absolute atomic E-state index is 5.75. The topological polar surface area (TPSA) is 48.2 Å². The van der Waals surface area contributed by atoms with Crippen LogP contribution in [0, 0.1) is 0 Å². The third-order valence-electron chi connectivity index (χ3n) is 8.08. The number of rotatable bonds is 3. The molecule has 4 nitrogen and oxygen atoms in total. The number of fused-ring (bicyclic) bond motifs is 12. The van der Waals surface area contributed by atoms with Crippen LogP contribution in [0.15, 0.2) is 128 Å². The largest absolute Gasteiger partial charge is 0.405 e. The lowest BCUT2D eigenvalue weighted by Crippen LogP contribution is -2.01. The van der Waals surface area contributed by atoms with Crippen LogP contribution >= 0.6 is 0 Å². The molecule has 40 heavy (non-hydrogen) atoms. The molecule has 0 saturated heterocycles. The lowest BCUT2D eigenvalue weighted by molar-refractivity contribution is 1.07. The molecule has 0 unspecified atom stereocenters. The van der Waals surface area contributed by atoms with Crippen LogP contribution in [-0.2, 0) is 0 Å². The van der Waals surface area contributed by atoms with Gasteiger partial charge < -0.3 is 10.1 Å². The predicted molar refractivity (Wildman–Crippen MR) is 169 cm³/mol. The van der Waals surface area contributed by atoms with E-state index >= 15 is 0 Å². The molecule has 8 rings (SSSR count). The highest BCUT2D eigenvalue weighted by Gasteiger charge is 2.20. The summed E-state index contributed by atoms with van der Waals surface area (Å²) in [6.07, 6.45) is 5.50. The number of pyridine rings is 2. The Bertz CT molecular complexity index is 2350. The van der Waals surface area contributed by atoms with E-state index in [1.807, 2.05) is 25.1 Å². The van der Waals surface area contributed by atoms with Gasteiger partial charge in [0.1, 0.15) is 5.82 Å². The van der Waals surface area contributed by atoms with Crippen LogP contribution < -0.4 is 5.73 Å². The molecule has 4 aromatic carbocycles. The highest BCUT2D eigenvalue weighted by molar-refractivity contribution is 6.22. The van der Waals surface area contributed by atoms with Gasteiger partial charge in [0.15, 0.2) is 0 Å². The number of nitrogens with zero attached hydrogens (tertiary/aromatic N) is 3. The highest BCUT2D eigenvalue weighted by atomic mass is 15.1. The SMILES string of the molecule is C/C=C(\C=C/N)c1cccc(-n2c3ccccc3c3ccc4cc5c6ccccc6c6ccccc6n5c4c32)n1. The van der Waals surface area contributed by atoms with Gasteiger partial charge in [0, 0.05) is 26.9 Å². The molecule has 0 bridgehead atoms. The summed E-state index contributed by atoms with van der Waals surface area (Å²) in [5.74, 6) is 0.876. The molecule has 0 aliphatic heterocycles. The van der Waals surface area contributed by atoms with Gasteiger partial charge in [-0.2, -0.15) is 0 Å². The Morgan fingerprint density at radius 1 is 0.650 bits per heavy atom. The Morgan fingerprint density at radius 3 is 2.08 bits per heavy atom. The molecule has 4 aromatic heterocycles. The first-order valence-electron chi connectivity index (χ1n) is 13.6. The van der Waals surface area contributed by atoms with Gasteiger partial charge in [-0.1, -0.05) is 84.9 Å². The van der Waals surface area contributed by atoms with Gasteiger partial charge in [0.2, 0.25) is 0 Å². The molecule has 8 aromatic rings. The highest BCUT2D eigenvalue weighted by Crippen LogP contribution is 2.40. The molecule has 0 amide bonds. The molecule has 0 aliphatic rings. The van der Waals surface area contributed by atoms with E-state index in [1.54, 1.807) is 6.20 Å². The summed E-state index contributed by atoms with van der Waals surface area (Å²) in [5, 5.41) is 7.38. The van der Waals surface area contributed by atoms with Crippen LogP contribution in [0.1, 0.15) is 12.6 Å². The summed E-state index contributed by atoms with van der Waals surface area (Å²) in [5.41, 5.74) is 13.5. The second-order valence-corrected chi connectivity index (χ2v) is 10.2. The van der Waals surface area contributed by atoms with Crippen LogP contribution in [-0.4, -0.2) is 14.0 Å². The first kappa shape index (κ1) is 22.6. The van der Waals surface area contributed by atoms with Crippen molar-refractivity contribution in [3.8, 4) is 5.82 Å². The molecule has 0 spiro atoms. The first-order chi connectivity index (χ1) is 19.8. The van der Waals surface area contributed by atoms with E-state index in [-0.39, 0.29) is 0 Å². The summed E-state index contributed by atoms with van der Waals surface area (Å²) in [6.45, 7) is 2.01. The summed E-state index contributed by atoms with van der Waals surface area (Å²) in [6, 6.07) is 39.1. The summed E-state index contributed by atoms with van der Waals surface area (Å²) < 4.78 is 4.77. The number of hydrogen-bond acceptors (Lipinski definition) is 2.